The fraction of sp³-hybridized carbons (Fsp3) is 0.375. The molecule has 2 fully saturated rings. The Kier molecular flexibility index (Phi) is 4.20. The number of carbonyl (C=O) groups is 3. The number of nitrogens with one attached hydrogen (secondary N) is 2. The molecule has 2 aromatic rings. The molecule has 2 N–H and O–H groups in total. The van der Waals surface area contributed by atoms with E-state index in [0.717, 1.165) is 30.6 Å². The molecule has 0 radical (unpaired) electrons. The van der Waals surface area contributed by atoms with Crippen LogP contribution in [0.4, 0.5) is 16.2 Å². The molecular weight excluding hydrogens is 378 g/mol. The molecule has 0 bridgehead atoms. The largest absolute Gasteiger partial charge is 0.329 e. The molecule has 1 spiro atoms. The average Bonchev–Trinajstić information content (AvgIpc) is 3.39. The van der Waals surface area contributed by atoms with Crippen molar-refractivity contribution in [2.75, 3.05) is 10.2 Å². The van der Waals surface area contributed by atoms with Crippen molar-refractivity contribution in [1.82, 2.24) is 5.32 Å². The topological polar surface area (TPSA) is 78.5 Å². The van der Waals surface area contributed by atoms with Gasteiger partial charge in [-0.15, -0.1) is 0 Å². The monoisotopic (exact) mass is 403 g/mol. The lowest BCUT2D eigenvalue weighted by atomic mass is 9.78. The number of aryl methyl sites for hydroxylation is 1. The van der Waals surface area contributed by atoms with Crippen molar-refractivity contribution >= 4 is 29.2 Å². The third kappa shape index (κ3) is 2.74. The summed E-state index contributed by atoms with van der Waals surface area (Å²) in [7, 11) is 0. The molecule has 1 heterocycles. The van der Waals surface area contributed by atoms with Crippen LogP contribution in [0.5, 0.6) is 0 Å². The number of hydrogen-bond donors (Lipinski definition) is 2. The maximum atomic E-state index is 13.2. The molecule has 5 rings (SSSR count). The summed E-state index contributed by atoms with van der Waals surface area (Å²) in [6.07, 6.45) is 4.11. The molecule has 1 saturated heterocycles. The maximum absolute atomic E-state index is 13.2. The van der Waals surface area contributed by atoms with Crippen molar-refractivity contribution < 1.29 is 14.4 Å². The summed E-state index contributed by atoms with van der Waals surface area (Å²) in [4.78, 5) is 38.9. The Bertz CT molecular complexity index is 1080. The minimum atomic E-state index is -0.548. The van der Waals surface area contributed by atoms with Gasteiger partial charge in [-0.1, -0.05) is 30.3 Å². The van der Waals surface area contributed by atoms with Crippen LogP contribution in [0.1, 0.15) is 42.9 Å². The Balaban J connectivity index is 1.39. The Morgan fingerprint density at radius 3 is 2.73 bits per heavy atom. The van der Waals surface area contributed by atoms with Crippen molar-refractivity contribution in [3.8, 4) is 0 Å². The first-order chi connectivity index (χ1) is 14.4. The van der Waals surface area contributed by atoms with E-state index in [-0.39, 0.29) is 23.1 Å². The number of anilines is 2. The highest BCUT2D eigenvalue weighted by molar-refractivity contribution is 6.21. The molecule has 1 aliphatic heterocycles. The standard InChI is InChI=1S/C24H25N3O3/c1-14-19(10-5-11-20(14)27-22(29)15(2)25-23(27)30)26-21(28)18-13-24(18)12-6-8-16-7-3-4-9-17(16)24/h3-5,7,9-11,15,18H,6,8,12-13H2,1-2H3,(H,25,30)(H,26,28). The van der Waals surface area contributed by atoms with Crippen molar-refractivity contribution in [2.24, 2.45) is 5.92 Å². The summed E-state index contributed by atoms with van der Waals surface area (Å²) < 4.78 is 0. The van der Waals surface area contributed by atoms with Crippen LogP contribution in [-0.4, -0.2) is 23.9 Å². The van der Waals surface area contributed by atoms with Crippen molar-refractivity contribution in [1.29, 1.82) is 0 Å². The van der Waals surface area contributed by atoms with E-state index in [0.29, 0.717) is 16.9 Å². The fourth-order valence-corrected chi connectivity index (χ4v) is 5.23. The lowest BCUT2D eigenvalue weighted by molar-refractivity contribution is -0.118. The fourth-order valence-electron chi connectivity index (χ4n) is 5.23. The highest BCUT2D eigenvalue weighted by atomic mass is 16.2. The number of urea groups is 1. The van der Waals surface area contributed by atoms with Crippen LogP contribution in [0.2, 0.25) is 0 Å². The Labute approximate surface area is 175 Å². The first kappa shape index (κ1) is 18.9. The first-order valence-corrected chi connectivity index (χ1v) is 10.6. The second-order valence-electron chi connectivity index (χ2n) is 8.71. The minimum Gasteiger partial charge on any atom is -0.326 e. The zero-order valence-electron chi connectivity index (χ0n) is 17.2. The summed E-state index contributed by atoms with van der Waals surface area (Å²) in [5.41, 5.74) is 4.52. The number of rotatable bonds is 3. The van der Waals surface area contributed by atoms with Crippen LogP contribution in [0, 0.1) is 12.8 Å². The normalized spacial score (nSPS) is 27.1. The van der Waals surface area contributed by atoms with Gasteiger partial charge in [0.2, 0.25) is 5.91 Å². The van der Waals surface area contributed by atoms with E-state index in [2.05, 4.69) is 34.9 Å². The molecular formula is C24H25N3O3. The van der Waals surface area contributed by atoms with Gasteiger partial charge in [-0.25, -0.2) is 9.69 Å². The number of hydrogen-bond acceptors (Lipinski definition) is 3. The van der Waals surface area contributed by atoms with E-state index < -0.39 is 12.1 Å². The average molecular weight is 403 g/mol. The Hall–Kier alpha value is -3.15. The van der Waals surface area contributed by atoms with E-state index in [1.807, 2.05) is 13.0 Å². The molecule has 1 saturated carbocycles. The number of nitrogens with zero attached hydrogens (tertiary/aromatic N) is 1. The molecule has 30 heavy (non-hydrogen) atoms. The van der Waals surface area contributed by atoms with Gasteiger partial charge >= 0.3 is 6.03 Å². The molecule has 2 aromatic carbocycles. The molecule has 6 heteroatoms. The van der Waals surface area contributed by atoms with E-state index in [1.165, 1.54) is 11.1 Å². The van der Waals surface area contributed by atoms with Crippen LogP contribution in [0.3, 0.4) is 0 Å². The SMILES string of the molecule is Cc1c(NC(=O)C2CC23CCCc2ccccc23)cccc1N1C(=O)NC(C)C1=O. The van der Waals surface area contributed by atoms with Gasteiger partial charge in [-0.2, -0.15) is 0 Å². The van der Waals surface area contributed by atoms with Gasteiger partial charge in [-0.3, -0.25) is 9.59 Å². The van der Waals surface area contributed by atoms with Gasteiger partial charge in [0.15, 0.2) is 0 Å². The van der Waals surface area contributed by atoms with Gasteiger partial charge in [-0.05, 0) is 68.4 Å². The van der Waals surface area contributed by atoms with Crippen LogP contribution >= 0.6 is 0 Å². The van der Waals surface area contributed by atoms with E-state index in [9.17, 15) is 14.4 Å². The number of carbonyl (C=O) groups excluding carboxylic acids is 3. The molecule has 4 amide bonds. The molecule has 0 aromatic heterocycles. The van der Waals surface area contributed by atoms with Crippen molar-refractivity contribution in [3.63, 3.8) is 0 Å². The highest BCUT2D eigenvalue weighted by Crippen LogP contribution is 2.60. The predicted octanol–water partition coefficient (Wildman–Crippen LogP) is 3.67. The number of amides is 4. The van der Waals surface area contributed by atoms with Gasteiger partial charge in [0.1, 0.15) is 6.04 Å². The summed E-state index contributed by atoms with van der Waals surface area (Å²) in [5, 5.41) is 5.70. The van der Waals surface area contributed by atoms with Crippen molar-refractivity contribution in [3.05, 3.63) is 59.2 Å². The second kappa shape index (κ2) is 6.69. The first-order valence-electron chi connectivity index (χ1n) is 10.6. The predicted molar refractivity (Wildman–Crippen MR) is 114 cm³/mol. The van der Waals surface area contributed by atoms with Gasteiger partial charge < -0.3 is 10.6 Å². The van der Waals surface area contributed by atoms with E-state index in [1.54, 1.807) is 19.1 Å². The summed E-state index contributed by atoms with van der Waals surface area (Å²) in [6, 6.07) is 12.8. The highest BCUT2D eigenvalue weighted by Gasteiger charge is 2.60. The van der Waals surface area contributed by atoms with Crippen LogP contribution in [0.25, 0.3) is 0 Å². The number of fused-ring (bicyclic) bond motifs is 2. The molecule has 3 atom stereocenters. The molecule has 154 valence electrons. The molecule has 6 nitrogen and oxygen atoms in total. The zero-order chi connectivity index (χ0) is 21.0. The summed E-state index contributed by atoms with van der Waals surface area (Å²) >= 11 is 0. The third-order valence-corrected chi connectivity index (χ3v) is 6.95. The van der Waals surface area contributed by atoms with Gasteiger partial charge in [0.25, 0.3) is 5.91 Å². The Morgan fingerprint density at radius 1 is 1.17 bits per heavy atom. The Morgan fingerprint density at radius 2 is 1.97 bits per heavy atom. The quantitative estimate of drug-likeness (QED) is 0.768. The van der Waals surface area contributed by atoms with E-state index in [4.69, 9.17) is 0 Å². The van der Waals surface area contributed by atoms with Crippen LogP contribution in [-0.2, 0) is 21.4 Å². The summed E-state index contributed by atoms with van der Waals surface area (Å²) in [6.45, 7) is 3.49. The van der Waals surface area contributed by atoms with Gasteiger partial charge in [0, 0.05) is 17.0 Å². The molecule has 3 aliphatic rings. The number of imide groups is 1. The van der Waals surface area contributed by atoms with Crippen LogP contribution < -0.4 is 15.5 Å². The van der Waals surface area contributed by atoms with E-state index >= 15 is 0 Å². The maximum Gasteiger partial charge on any atom is 0.329 e. The lowest BCUT2D eigenvalue weighted by Gasteiger charge is -2.26. The van der Waals surface area contributed by atoms with Crippen LogP contribution in [0.15, 0.2) is 42.5 Å². The number of benzene rings is 2. The summed E-state index contributed by atoms with van der Waals surface area (Å²) in [5.74, 6) is -0.317. The minimum absolute atomic E-state index is 0.0116. The smallest absolute Gasteiger partial charge is 0.326 e. The van der Waals surface area contributed by atoms with Crippen molar-refractivity contribution in [2.45, 2.75) is 51.0 Å². The lowest BCUT2D eigenvalue weighted by Crippen LogP contribution is -2.32. The third-order valence-electron chi connectivity index (χ3n) is 6.95. The van der Waals surface area contributed by atoms with Gasteiger partial charge in [0.05, 0.1) is 5.69 Å². The second-order valence-corrected chi connectivity index (χ2v) is 8.71. The zero-order valence-corrected chi connectivity index (χ0v) is 17.2. The molecule has 2 aliphatic carbocycles. The molecule has 3 unspecified atom stereocenters.